The number of fused-ring (bicyclic) bond motifs is 1. The van der Waals surface area contributed by atoms with E-state index in [1.165, 1.54) is 43.4 Å². The Balaban J connectivity index is 1.32. The number of nitrogens with one attached hydrogen (secondary N) is 1. The lowest BCUT2D eigenvalue weighted by Gasteiger charge is -2.15. The molecular weight excluding hydrogens is 270 g/mol. The lowest BCUT2D eigenvalue weighted by atomic mass is 10.1. The highest BCUT2D eigenvalue weighted by Gasteiger charge is 2.49. The molecule has 1 aromatic carbocycles. The quantitative estimate of drug-likeness (QED) is 0.876. The van der Waals surface area contributed by atoms with Gasteiger partial charge in [-0.25, -0.2) is 4.98 Å². The van der Waals surface area contributed by atoms with Gasteiger partial charge in [-0.15, -0.1) is 0 Å². The van der Waals surface area contributed by atoms with Gasteiger partial charge in [-0.3, -0.25) is 0 Å². The number of rotatable bonds is 6. The molecule has 3 atom stereocenters. The van der Waals surface area contributed by atoms with E-state index in [9.17, 15) is 0 Å². The van der Waals surface area contributed by atoms with Crippen molar-refractivity contribution in [1.29, 1.82) is 0 Å². The van der Waals surface area contributed by atoms with E-state index in [4.69, 9.17) is 4.98 Å². The normalized spacial score (nSPS) is 29.0. The summed E-state index contributed by atoms with van der Waals surface area (Å²) in [6, 6.07) is 9.92. The molecule has 116 valence electrons. The predicted octanol–water partition coefficient (Wildman–Crippen LogP) is 3.90. The van der Waals surface area contributed by atoms with Gasteiger partial charge in [0.2, 0.25) is 0 Å². The average molecular weight is 295 g/mol. The number of hydrogen-bond acceptors (Lipinski definition) is 2. The summed E-state index contributed by atoms with van der Waals surface area (Å²) < 4.78 is 2.49. The highest BCUT2D eigenvalue weighted by molar-refractivity contribution is 5.76. The number of aromatic nitrogens is 2. The van der Waals surface area contributed by atoms with Crippen LogP contribution in [0.4, 0.5) is 0 Å². The van der Waals surface area contributed by atoms with Crippen LogP contribution in [0.3, 0.4) is 0 Å². The van der Waals surface area contributed by atoms with Gasteiger partial charge in [0.05, 0.1) is 17.6 Å². The number of para-hydroxylation sites is 2. The first kappa shape index (κ1) is 13.1. The molecule has 1 N–H and O–H groups in total. The summed E-state index contributed by atoms with van der Waals surface area (Å²) in [5.74, 6) is 4.26. The minimum absolute atomic E-state index is 0.637. The van der Waals surface area contributed by atoms with Crippen LogP contribution >= 0.6 is 0 Å². The van der Waals surface area contributed by atoms with E-state index in [0.29, 0.717) is 12.1 Å². The third-order valence-electron chi connectivity index (χ3n) is 5.92. The fourth-order valence-electron chi connectivity index (χ4n) is 4.24. The zero-order valence-electron chi connectivity index (χ0n) is 13.3. The second-order valence-corrected chi connectivity index (χ2v) is 7.69. The zero-order valence-corrected chi connectivity index (χ0v) is 13.3. The van der Waals surface area contributed by atoms with Crippen LogP contribution < -0.4 is 5.32 Å². The van der Waals surface area contributed by atoms with Gasteiger partial charge in [0.25, 0.3) is 0 Å². The standard InChI is InChI=1S/C19H25N3/c1-12(15-10-16(15)13-6-7-13)20-11-19-21-17-4-2-3-5-18(17)22(19)14-8-9-14/h2-5,12-16,20H,6-11H2,1H3/t12?,15-,16-/m0/s1. The Morgan fingerprint density at radius 1 is 1.23 bits per heavy atom. The second kappa shape index (κ2) is 4.82. The maximum atomic E-state index is 4.89. The SMILES string of the molecule is CC(NCc1nc2ccccc2n1C1CC1)[C@@H]1C[C@H]1C1CC1. The third-order valence-corrected chi connectivity index (χ3v) is 5.92. The van der Waals surface area contributed by atoms with Crippen LogP contribution in [0.1, 0.15) is 50.9 Å². The lowest BCUT2D eigenvalue weighted by Crippen LogP contribution is -2.29. The minimum Gasteiger partial charge on any atom is -0.324 e. The van der Waals surface area contributed by atoms with Crippen molar-refractivity contribution in [2.24, 2.45) is 17.8 Å². The molecule has 0 spiro atoms. The second-order valence-electron chi connectivity index (χ2n) is 7.69. The highest BCUT2D eigenvalue weighted by Crippen LogP contribution is 2.55. The fraction of sp³-hybridized carbons (Fsp3) is 0.632. The molecule has 5 rings (SSSR count). The monoisotopic (exact) mass is 295 g/mol. The molecule has 1 aromatic heterocycles. The molecule has 3 aliphatic carbocycles. The molecule has 0 bridgehead atoms. The van der Waals surface area contributed by atoms with Crippen molar-refractivity contribution < 1.29 is 0 Å². The van der Waals surface area contributed by atoms with E-state index >= 15 is 0 Å². The smallest absolute Gasteiger partial charge is 0.124 e. The van der Waals surface area contributed by atoms with Crippen LogP contribution in [0.2, 0.25) is 0 Å². The van der Waals surface area contributed by atoms with Crippen LogP contribution in [0, 0.1) is 17.8 Å². The van der Waals surface area contributed by atoms with Gasteiger partial charge in [0.15, 0.2) is 0 Å². The van der Waals surface area contributed by atoms with E-state index < -0.39 is 0 Å². The largest absolute Gasteiger partial charge is 0.324 e. The van der Waals surface area contributed by atoms with Crippen LogP contribution in [0.5, 0.6) is 0 Å². The van der Waals surface area contributed by atoms with Gasteiger partial charge in [-0.05, 0) is 68.9 Å². The highest BCUT2D eigenvalue weighted by atomic mass is 15.2. The first-order chi connectivity index (χ1) is 10.8. The number of benzene rings is 1. The molecule has 0 amide bonds. The number of imidazole rings is 1. The maximum absolute atomic E-state index is 4.89. The van der Waals surface area contributed by atoms with Crippen LogP contribution in [-0.2, 0) is 6.54 Å². The Hall–Kier alpha value is -1.35. The third kappa shape index (κ3) is 2.26. The predicted molar refractivity (Wildman–Crippen MR) is 88.6 cm³/mol. The lowest BCUT2D eigenvalue weighted by molar-refractivity contribution is 0.446. The Morgan fingerprint density at radius 2 is 2.05 bits per heavy atom. The maximum Gasteiger partial charge on any atom is 0.124 e. The van der Waals surface area contributed by atoms with Gasteiger partial charge in [0.1, 0.15) is 5.82 Å². The van der Waals surface area contributed by atoms with E-state index in [2.05, 4.69) is 41.1 Å². The van der Waals surface area contributed by atoms with Crippen molar-refractivity contribution in [2.75, 3.05) is 0 Å². The zero-order chi connectivity index (χ0) is 14.7. The summed E-state index contributed by atoms with van der Waals surface area (Å²) in [6.45, 7) is 3.29. The topological polar surface area (TPSA) is 29.9 Å². The van der Waals surface area contributed by atoms with Crippen LogP contribution in [-0.4, -0.2) is 15.6 Å². The molecule has 1 unspecified atom stereocenters. The summed E-state index contributed by atoms with van der Waals surface area (Å²) in [5.41, 5.74) is 2.47. The summed E-state index contributed by atoms with van der Waals surface area (Å²) in [6.07, 6.45) is 7.07. The molecule has 0 aliphatic heterocycles. The van der Waals surface area contributed by atoms with Crippen molar-refractivity contribution in [3.05, 3.63) is 30.1 Å². The Bertz CT molecular complexity index is 696. The molecule has 3 fully saturated rings. The summed E-state index contributed by atoms with van der Waals surface area (Å²) in [4.78, 5) is 4.89. The molecule has 0 saturated heterocycles. The Morgan fingerprint density at radius 3 is 2.82 bits per heavy atom. The molecule has 3 heteroatoms. The minimum atomic E-state index is 0.637. The number of hydrogen-bond donors (Lipinski definition) is 1. The fourth-order valence-corrected chi connectivity index (χ4v) is 4.24. The molecule has 2 aromatic rings. The number of nitrogens with zero attached hydrogens (tertiary/aromatic N) is 2. The van der Waals surface area contributed by atoms with Crippen molar-refractivity contribution in [1.82, 2.24) is 14.9 Å². The van der Waals surface area contributed by atoms with Gasteiger partial charge >= 0.3 is 0 Å². The van der Waals surface area contributed by atoms with Crippen molar-refractivity contribution in [3.63, 3.8) is 0 Å². The van der Waals surface area contributed by atoms with Gasteiger partial charge in [-0.2, -0.15) is 0 Å². The first-order valence-electron chi connectivity index (χ1n) is 9.00. The summed E-state index contributed by atoms with van der Waals surface area (Å²) in [5, 5.41) is 3.77. The van der Waals surface area contributed by atoms with Crippen molar-refractivity contribution in [3.8, 4) is 0 Å². The summed E-state index contributed by atoms with van der Waals surface area (Å²) >= 11 is 0. The van der Waals surface area contributed by atoms with Crippen LogP contribution in [0.25, 0.3) is 11.0 Å². The molecule has 0 radical (unpaired) electrons. The van der Waals surface area contributed by atoms with Crippen LogP contribution in [0.15, 0.2) is 24.3 Å². The van der Waals surface area contributed by atoms with Gasteiger partial charge in [-0.1, -0.05) is 12.1 Å². The molecule has 1 heterocycles. The molecule has 3 aliphatic rings. The molecular formula is C19H25N3. The average Bonchev–Trinajstić information content (AvgIpc) is 3.36. The first-order valence-corrected chi connectivity index (χ1v) is 9.00. The van der Waals surface area contributed by atoms with Gasteiger partial charge < -0.3 is 9.88 Å². The molecule has 3 nitrogen and oxygen atoms in total. The van der Waals surface area contributed by atoms with E-state index in [1.54, 1.807) is 0 Å². The Kier molecular flexibility index (Phi) is 2.88. The van der Waals surface area contributed by atoms with Gasteiger partial charge in [0, 0.05) is 12.1 Å². The van der Waals surface area contributed by atoms with E-state index in [0.717, 1.165) is 29.8 Å². The van der Waals surface area contributed by atoms with E-state index in [1.807, 2.05) is 0 Å². The summed E-state index contributed by atoms with van der Waals surface area (Å²) in [7, 11) is 0. The molecule has 22 heavy (non-hydrogen) atoms. The van der Waals surface area contributed by atoms with Crippen molar-refractivity contribution in [2.45, 2.75) is 57.7 Å². The molecule has 3 saturated carbocycles. The Labute approximate surface area is 132 Å². The van der Waals surface area contributed by atoms with E-state index in [-0.39, 0.29) is 0 Å². The van der Waals surface area contributed by atoms with Crippen molar-refractivity contribution >= 4 is 11.0 Å².